The minimum Gasteiger partial charge on any atom is -0.423 e. The first-order valence-electron chi connectivity index (χ1n) is 6.97. The summed E-state index contributed by atoms with van der Waals surface area (Å²) in [4.78, 5) is 27.2. The van der Waals surface area contributed by atoms with Gasteiger partial charge < -0.3 is 14.3 Å². The fourth-order valence-electron chi connectivity index (χ4n) is 2.26. The zero-order chi connectivity index (χ0) is 16.4. The first-order valence-corrected chi connectivity index (χ1v) is 7.96. The van der Waals surface area contributed by atoms with Crippen LogP contribution in [0.1, 0.15) is 12.5 Å². The van der Waals surface area contributed by atoms with Gasteiger partial charge >= 0.3 is 5.63 Å². The Morgan fingerprint density at radius 1 is 1.39 bits per heavy atom. The third-order valence-corrected chi connectivity index (χ3v) is 4.39. The van der Waals surface area contributed by atoms with Gasteiger partial charge in [-0.15, -0.1) is 0 Å². The highest BCUT2D eigenvalue weighted by atomic mass is 32.2. The fraction of sp³-hybridized carbons (Fsp3) is 0.188. The van der Waals surface area contributed by atoms with Crippen molar-refractivity contribution in [3.05, 3.63) is 52.6 Å². The summed E-state index contributed by atoms with van der Waals surface area (Å²) in [6.45, 7) is 1.43. The van der Waals surface area contributed by atoms with E-state index in [-0.39, 0.29) is 5.91 Å². The van der Waals surface area contributed by atoms with Crippen LogP contribution >= 0.6 is 11.8 Å². The first kappa shape index (κ1) is 15.4. The molecule has 0 radical (unpaired) electrons. The molecule has 1 amide bonds. The van der Waals surface area contributed by atoms with Crippen molar-refractivity contribution in [3.63, 3.8) is 0 Å². The van der Waals surface area contributed by atoms with Crippen molar-refractivity contribution in [2.45, 2.75) is 17.8 Å². The number of benzene rings is 1. The second kappa shape index (κ2) is 6.29. The van der Waals surface area contributed by atoms with E-state index in [1.165, 1.54) is 13.0 Å². The number of thioether (sulfide) groups is 1. The van der Waals surface area contributed by atoms with Crippen LogP contribution in [0.15, 0.2) is 51.0 Å². The maximum Gasteiger partial charge on any atom is 0.336 e. The van der Waals surface area contributed by atoms with E-state index in [1.807, 2.05) is 23.9 Å². The number of nitrogens with one attached hydrogen (secondary N) is 1. The van der Waals surface area contributed by atoms with E-state index in [0.29, 0.717) is 17.0 Å². The summed E-state index contributed by atoms with van der Waals surface area (Å²) in [6, 6.07) is 6.79. The Balaban J connectivity index is 1.95. The Labute approximate surface area is 136 Å². The molecule has 3 rings (SSSR count). The highest BCUT2D eigenvalue weighted by molar-refractivity contribution is 7.98. The van der Waals surface area contributed by atoms with Crippen molar-refractivity contribution in [1.82, 2.24) is 9.55 Å². The van der Waals surface area contributed by atoms with Gasteiger partial charge in [-0.2, -0.15) is 0 Å². The van der Waals surface area contributed by atoms with Crippen molar-refractivity contribution in [1.29, 1.82) is 0 Å². The topological polar surface area (TPSA) is 77.1 Å². The van der Waals surface area contributed by atoms with E-state index in [9.17, 15) is 9.59 Å². The lowest BCUT2D eigenvalue weighted by molar-refractivity contribution is -0.114. The molecule has 2 heterocycles. The van der Waals surface area contributed by atoms with Gasteiger partial charge in [0.05, 0.1) is 0 Å². The number of carbonyl (C=O) groups excluding carboxylic acids is 1. The predicted molar refractivity (Wildman–Crippen MR) is 89.6 cm³/mol. The fourth-order valence-corrected chi connectivity index (χ4v) is 3.19. The van der Waals surface area contributed by atoms with E-state index < -0.39 is 5.63 Å². The van der Waals surface area contributed by atoms with Gasteiger partial charge in [0.25, 0.3) is 0 Å². The summed E-state index contributed by atoms with van der Waals surface area (Å²) in [5.41, 5.74) is 1.52. The molecule has 1 aromatic carbocycles. The number of hydrogen-bond acceptors (Lipinski definition) is 5. The molecule has 6 nitrogen and oxygen atoms in total. The third-order valence-electron chi connectivity index (χ3n) is 3.28. The summed E-state index contributed by atoms with van der Waals surface area (Å²) in [7, 11) is 1.92. The van der Waals surface area contributed by atoms with Crippen LogP contribution in [-0.2, 0) is 17.6 Å². The summed E-state index contributed by atoms with van der Waals surface area (Å²) in [5, 5.41) is 4.40. The molecule has 0 aliphatic rings. The molecule has 0 aliphatic heterocycles. The van der Waals surface area contributed by atoms with E-state index in [4.69, 9.17) is 4.42 Å². The lowest BCUT2D eigenvalue weighted by Crippen LogP contribution is -2.06. The Kier molecular flexibility index (Phi) is 4.20. The van der Waals surface area contributed by atoms with Gasteiger partial charge in [-0.25, -0.2) is 9.78 Å². The number of rotatable bonds is 4. The molecule has 0 aliphatic carbocycles. The lowest BCUT2D eigenvalue weighted by atomic mass is 10.1. The molecule has 0 saturated heterocycles. The molecule has 0 spiro atoms. The number of aryl methyl sites for hydroxylation is 1. The van der Waals surface area contributed by atoms with Crippen LogP contribution in [0, 0.1) is 0 Å². The SMILES string of the molecule is CC(=O)Nc1ccc2c(CSc3nccn3C)cc(=O)oc2c1. The monoisotopic (exact) mass is 329 g/mol. The second-order valence-electron chi connectivity index (χ2n) is 5.09. The number of hydrogen-bond donors (Lipinski definition) is 1. The Morgan fingerprint density at radius 2 is 2.22 bits per heavy atom. The Hall–Kier alpha value is -2.54. The van der Waals surface area contributed by atoms with E-state index in [1.54, 1.807) is 30.1 Å². The molecule has 23 heavy (non-hydrogen) atoms. The summed E-state index contributed by atoms with van der Waals surface area (Å²) < 4.78 is 7.17. The maximum absolute atomic E-state index is 11.8. The number of carbonyl (C=O) groups is 1. The second-order valence-corrected chi connectivity index (χ2v) is 6.03. The van der Waals surface area contributed by atoms with Crippen LogP contribution in [0.3, 0.4) is 0 Å². The van der Waals surface area contributed by atoms with Crippen LogP contribution in [-0.4, -0.2) is 15.5 Å². The number of aromatic nitrogens is 2. The van der Waals surface area contributed by atoms with Crippen LogP contribution in [0.2, 0.25) is 0 Å². The van der Waals surface area contributed by atoms with Gasteiger partial charge in [-0.3, -0.25) is 4.79 Å². The quantitative estimate of drug-likeness (QED) is 0.588. The number of fused-ring (bicyclic) bond motifs is 1. The standard InChI is InChI=1S/C16H15N3O3S/c1-10(20)18-12-3-4-13-11(7-15(21)22-14(13)8-12)9-23-16-17-5-6-19(16)2/h3-8H,9H2,1-2H3,(H,18,20). The Morgan fingerprint density at radius 3 is 2.91 bits per heavy atom. The molecule has 1 N–H and O–H groups in total. The molecule has 0 atom stereocenters. The minimum atomic E-state index is -0.409. The number of anilines is 1. The lowest BCUT2D eigenvalue weighted by Gasteiger charge is -2.07. The number of nitrogens with zero attached hydrogens (tertiary/aromatic N) is 2. The average Bonchev–Trinajstić information content (AvgIpc) is 2.89. The predicted octanol–water partition coefficient (Wildman–Crippen LogP) is 2.78. The average molecular weight is 329 g/mol. The first-order chi connectivity index (χ1) is 11.0. The highest BCUT2D eigenvalue weighted by Crippen LogP contribution is 2.26. The smallest absolute Gasteiger partial charge is 0.336 e. The summed E-state index contributed by atoms with van der Waals surface area (Å²) >= 11 is 1.55. The summed E-state index contributed by atoms with van der Waals surface area (Å²) in [5.74, 6) is 0.431. The molecule has 0 fully saturated rings. The highest BCUT2D eigenvalue weighted by Gasteiger charge is 2.09. The molecule has 0 saturated carbocycles. The number of amides is 1. The molecule has 118 valence electrons. The van der Waals surface area contributed by atoms with Gasteiger partial charge in [0.2, 0.25) is 5.91 Å². The van der Waals surface area contributed by atoms with Crippen molar-refractivity contribution in [2.75, 3.05) is 5.32 Å². The third kappa shape index (κ3) is 3.45. The van der Waals surface area contributed by atoms with E-state index in [0.717, 1.165) is 16.1 Å². The van der Waals surface area contributed by atoms with Crippen molar-refractivity contribution >= 4 is 34.3 Å². The van der Waals surface area contributed by atoms with Crippen LogP contribution in [0.4, 0.5) is 5.69 Å². The zero-order valence-corrected chi connectivity index (χ0v) is 13.5. The van der Waals surface area contributed by atoms with E-state index >= 15 is 0 Å². The van der Waals surface area contributed by atoms with Gasteiger partial charge in [0.1, 0.15) is 5.58 Å². The number of imidazole rings is 1. The van der Waals surface area contributed by atoms with Crippen molar-refractivity contribution in [3.8, 4) is 0 Å². The van der Waals surface area contributed by atoms with Gasteiger partial charge in [-0.05, 0) is 17.7 Å². The van der Waals surface area contributed by atoms with E-state index in [2.05, 4.69) is 10.3 Å². The van der Waals surface area contributed by atoms with Gasteiger partial charge in [0.15, 0.2) is 5.16 Å². The van der Waals surface area contributed by atoms with Gasteiger partial charge in [0, 0.05) is 55.3 Å². The Bertz CT molecular complexity index is 930. The van der Waals surface area contributed by atoms with Crippen LogP contribution < -0.4 is 10.9 Å². The molecule has 7 heteroatoms. The normalized spacial score (nSPS) is 10.9. The molecule has 3 aromatic rings. The van der Waals surface area contributed by atoms with Crippen LogP contribution in [0.25, 0.3) is 11.0 Å². The molecule has 0 bridgehead atoms. The van der Waals surface area contributed by atoms with Crippen molar-refractivity contribution < 1.29 is 9.21 Å². The molecular formula is C16H15N3O3S. The van der Waals surface area contributed by atoms with Crippen LogP contribution in [0.5, 0.6) is 0 Å². The molecule has 0 unspecified atom stereocenters. The maximum atomic E-state index is 11.8. The largest absolute Gasteiger partial charge is 0.423 e. The zero-order valence-electron chi connectivity index (χ0n) is 12.7. The van der Waals surface area contributed by atoms with Crippen molar-refractivity contribution in [2.24, 2.45) is 7.05 Å². The minimum absolute atomic E-state index is 0.173. The molecular weight excluding hydrogens is 314 g/mol. The molecule has 2 aromatic heterocycles. The summed E-state index contributed by atoms with van der Waals surface area (Å²) in [6.07, 6.45) is 3.61. The van der Waals surface area contributed by atoms with Gasteiger partial charge in [-0.1, -0.05) is 11.8 Å².